The Bertz CT molecular complexity index is 572. The van der Waals surface area contributed by atoms with E-state index >= 15 is 0 Å². The van der Waals surface area contributed by atoms with Crippen LogP contribution in [0.4, 0.5) is 0 Å². The molecule has 2 aromatic rings. The number of aromatic nitrogens is 1. The number of hydrogen-bond acceptors (Lipinski definition) is 6. The predicted molar refractivity (Wildman–Crippen MR) is 84.8 cm³/mol. The summed E-state index contributed by atoms with van der Waals surface area (Å²) >= 11 is 1.58. The third kappa shape index (κ3) is 5.34. The lowest BCUT2D eigenvalue weighted by atomic mass is 10.2. The van der Waals surface area contributed by atoms with Crippen LogP contribution in [0.2, 0.25) is 0 Å². The lowest BCUT2D eigenvalue weighted by Gasteiger charge is -2.06. The van der Waals surface area contributed by atoms with Crippen LogP contribution < -0.4 is 10.5 Å². The summed E-state index contributed by atoms with van der Waals surface area (Å²) in [5.74, 6) is 0.430. The van der Waals surface area contributed by atoms with E-state index in [1.165, 1.54) is 6.92 Å². The molecule has 0 unspecified atom stereocenters. The maximum atomic E-state index is 10.6. The van der Waals surface area contributed by atoms with Crippen molar-refractivity contribution in [3.05, 3.63) is 35.3 Å². The summed E-state index contributed by atoms with van der Waals surface area (Å²) in [7, 11) is 0. The number of esters is 1. The van der Waals surface area contributed by atoms with Crippen LogP contribution in [0.1, 0.15) is 11.8 Å². The van der Waals surface area contributed by atoms with Crippen molar-refractivity contribution in [1.82, 2.24) is 4.98 Å². The standard InChI is InChI=1S/C14H16N2O3S.ClH/c1-10(17)18-6-7-19-12-4-2-11(3-5-12)14-16-9-13(8-15)20-14;/h2-5,9H,6-8,15H2,1H3;1H. The molecule has 0 radical (unpaired) electrons. The molecule has 0 saturated heterocycles. The van der Waals surface area contributed by atoms with E-state index in [1.54, 1.807) is 17.5 Å². The van der Waals surface area contributed by atoms with E-state index in [4.69, 9.17) is 15.2 Å². The Labute approximate surface area is 133 Å². The largest absolute Gasteiger partial charge is 0.490 e. The number of carbonyl (C=O) groups is 1. The molecule has 2 rings (SSSR count). The minimum absolute atomic E-state index is 0. The van der Waals surface area contributed by atoms with Gasteiger partial charge in [0.1, 0.15) is 24.0 Å². The smallest absolute Gasteiger partial charge is 0.302 e. The first-order valence-corrected chi connectivity index (χ1v) is 7.02. The highest BCUT2D eigenvalue weighted by Crippen LogP contribution is 2.26. The lowest BCUT2D eigenvalue weighted by Crippen LogP contribution is -2.09. The fourth-order valence-electron chi connectivity index (χ4n) is 1.57. The highest BCUT2D eigenvalue weighted by Gasteiger charge is 2.04. The average Bonchev–Trinajstić information content (AvgIpc) is 2.93. The van der Waals surface area contributed by atoms with Gasteiger partial charge in [-0.05, 0) is 24.3 Å². The number of hydrogen-bond donors (Lipinski definition) is 1. The molecule has 0 aliphatic rings. The summed E-state index contributed by atoms with van der Waals surface area (Å²) in [6.07, 6.45) is 1.80. The molecular formula is C14H17ClN2O3S. The highest BCUT2D eigenvalue weighted by molar-refractivity contribution is 7.15. The summed E-state index contributed by atoms with van der Waals surface area (Å²) in [5.41, 5.74) is 6.60. The third-order valence-electron chi connectivity index (χ3n) is 2.51. The van der Waals surface area contributed by atoms with Gasteiger partial charge in [-0.1, -0.05) is 0 Å². The maximum absolute atomic E-state index is 10.6. The van der Waals surface area contributed by atoms with Gasteiger partial charge in [-0.25, -0.2) is 4.98 Å². The van der Waals surface area contributed by atoms with Crippen molar-refractivity contribution in [2.45, 2.75) is 13.5 Å². The zero-order valence-corrected chi connectivity index (χ0v) is 13.2. The van der Waals surface area contributed by atoms with E-state index in [0.29, 0.717) is 13.2 Å². The Morgan fingerprint density at radius 2 is 2.00 bits per heavy atom. The van der Waals surface area contributed by atoms with E-state index in [1.807, 2.05) is 24.3 Å². The molecule has 2 N–H and O–H groups in total. The van der Waals surface area contributed by atoms with Crippen molar-refractivity contribution in [3.63, 3.8) is 0 Å². The van der Waals surface area contributed by atoms with Gasteiger partial charge in [0.2, 0.25) is 0 Å². The summed E-state index contributed by atoms with van der Waals surface area (Å²) in [6, 6.07) is 7.62. The van der Waals surface area contributed by atoms with E-state index in [-0.39, 0.29) is 25.0 Å². The lowest BCUT2D eigenvalue weighted by molar-refractivity contribution is -0.141. The van der Waals surface area contributed by atoms with Crippen LogP contribution >= 0.6 is 23.7 Å². The quantitative estimate of drug-likeness (QED) is 0.651. The molecule has 7 heteroatoms. The molecule has 1 heterocycles. The van der Waals surface area contributed by atoms with Gasteiger partial charge in [0.05, 0.1) is 0 Å². The molecule has 0 amide bonds. The van der Waals surface area contributed by atoms with E-state index < -0.39 is 0 Å². The first kappa shape index (κ1) is 17.4. The van der Waals surface area contributed by atoms with Crippen molar-refractivity contribution in [2.75, 3.05) is 13.2 Å². The van der Waals surface area contributed by atoms with Gasteiger partial charge in [0, 0.05) is 30.1 Å². The van der Waals surface area contributed by atoms with Crippen molar-refractivity contribution in [2.24, 2.45) is 5.73 Å². The summed E-state index contributed by atoms with van der Waals surface area (Å²) in [5, 5.41) is 0.942. The SMILES string of the molecule is CC(=O)OCCOc1ccc(-c2ncc(CN)s2)cc1.Cl. The molecule has 0 spiro atoms. The minimum atomic E-state index is -0.302. The molecule has 0 aliphatic carbocycles. The fraction of sp³-hybridized carbons (Fsp3) is 0.286. The second kappa shape index (κ2) is 8.61. The molecule has 0 fully saturated rings. The molecule has 0 atom stereocenters. The number of carbonyl (C=O) groups excluding carboxylic acids is 1. The first-order chi connectivity index (χ1) is 9.69. The zero-order chi connectivity index (χ0) is 14.4. The van der Waals surface area contributed by atoms with Crippen LogP contribution in [0.5, 0.6) is 5.75 Å². The van der Waals surface area contributed by atoms with Gasteiger partial charge in [0.25, 0.3) is 0 Å². The predicted octanol–water partition coefficient (Wildman–Crippen LogP) is 2.63. The summed E-state index contributed by atoms with van der Waals surface area (Å²) in [6.45, 7) is 2.48. The van der Waals surface area contributed by atoms with Crippen molar-refractivity contribution in [3.8, 4) is 16.3 Å². The fourth-order valence-corrected chi connectivity index (χ4v) is 2.37. The van der Waals surface area contributed by atoms with Gasteiger partial charge in [0.15, 0.2) is 0 Å². The molecule has 1 aromatic heterocycles. The maximum Gasteiger partial charge on any atom is 0.302 e. The van der Waals surface area contributed by atoms with Gasteiger partial charge < -0.3 is 15.2 Å². The normalized spacial score (nSPS) is 9.81. The van der Waals surface area contributed by atoms with Gasteiger partial charge in [-0.2, -0.15) is 0 Å². The Hall–Kier alpha value is -1.63. The van der Waals surface area contributed by atoms with Crippen LogP contribution in [0.15, 0.2) is 30.5 Å². The third-order valence-corrected chi connectivity index (χ3v) is 3.58. The van der Waals surface area contributed by atoms with Gasteiger partial charge >= 0.3 is 5.97 Å². The van der Waals surface area contributed by atoms with Crippen molar-refractivity contribution in [1.29, 1.82) is 0 Å². The molecular weight excluding hydrogens is 312 g/mol. The number of ether oxygens (including phenoxy) is 2. The van der Waals surface area contributed by atoms with E-state index in [9.17, 15) is 4.79 Å². The highest BCUT2D eigenvalue weighted by atomic mass is 35.5. The molecule has 5 nitrogen and oxygen atoms in total. The number of rotatable bonds is 6. The monoisotopic (exact) mass is 328 g/mol. The van der Waals surface area contributed by atoms with Crippen LogP contribution in [0.25, 0.3) is 10.6 Å². The first-order valence-electron chi connectivity index (χ1n) is 6.20. The minimum Gasteiger partial charge on any atom is -0.490 e. The number of thiazole rings is 1. The Kier molecular flexibility index (Phi) is 7.14. The molecule has 21 heavy (non-hydrogen) atoms. The van der Waals surface area contributed by atoms with Crippen molar-refractivity contribution < 1.29 is 14.3 Å². The Morgan fingerprint density at radius 1 is 1.29 bits per heavy atom. The zero-order valence-electron chi connectivity index (χ0n) is 11.6. The second-order valence-electron chi connectivity index (χ2n) is 4.05. The number of nitrogens with zero attached hydrogens (tertiary/aromatic N) is 1. The summed E-state index contributed by atoms with van der Waals surface area (Å²) in [4.78, 5) is 16.0. The molecule has 1 aromatic carbocycles. The van der Waals surface area contributed by atoms with Crippen LogP contribution in [0, 0.1) is 0 Å². The van der Waals surface area contributed by atoms with Gasteiger partial charge in [-0.3, -0.25) is 4.79 Å². The van der Waals surface area contributed by atoms with Crippen LogP contribution in [0.3, 0.4) is 0 Å². The number of halogens is 1. The molecule has 0 aliphatic heterocycles. The molecule has 0 saturated carbocycles. The van der Waals surface area contributed by atoms with Gasteiger partial charge in [-0.15, -0.1) is 23.7 Å². The van der Waals surface area contributed by atoms with Crippen LogP contribution in [-0.4, -0.2) is 24.2 Å². The number of nitrogens with two attached hydrogens (primary N) is 1. The van der Waals surface area contributed by atoms with Crippen molar-refractivity contribution >= 4 is 29.7 Å². The Morgan fingerprint density at radius 3 is 2.57 bits per heavy atom. The topological polar surface area (TPSA) is 74.4 Å². The van der Waals surface area contributed by atoms with Crippen LogP contribution in [-0.2, 0) is 16.1 Å². The van der Waals surface area contributed by atoms with E-state index in [0.717, 1.165) is 21.2 Å². The van der Waals surface area contributed by atoms with E-state index in [2.05, 4.69) is 4.98 Å². The molecule has 114 valence electrons. The summed E-state index contributed by atoms with van der Waals surface area (Å²) < 4.78 is 10.2. The Balaban J connectivity index is 0.00000220. The molecule has 0 bridgehead atoms. The average molecular weight is 329 g/mol. The number of benzene rings is 1. The second-order valence-corrected chi connectivity index (χ2v) is 5.16.